The standard InChI is InChI=1S/C26H37NO2/c1-3-4-9-18-26(28,23-14-16-24(29-2)17-15-23)25(22-12-7-5-8-13-22)21-27-19-10-6-11-20-27/h5,7-8,12-17,25,28H,3-4,6,9-11,18-21H2,1-2H3/t25-,26-/m0/s1. The number of ether oxygens (including phenoxy) is 1. The second kappa shape index (κ2) is 10.8. The van der Waals surface area contributed by atoms with Gasteiger partial charge in [-0.1, -0.05) is 75.1 Å². The van der Waals surface area contributed by atoms with Crippen LogP contribution >= 0.6 is 0 Å². The molecule has 0 amide bonds. The maximum atomic E-state index is 12.2. The molecule has 0 saturated carbocycles. The van der Waals surface area contributed by atoms with Crippen LogP contribution in [0.1, 0.15) is 68.9 Å². The molecule has 0 bridgehead atoms. The predicted molar refractivity (Wildman–Crippen MR) is 121 cm³/mol. The van der Waals surface area contributed by atoms with Gasteiger partial charge >= 0.3 is 0 Å². The van der Waals surface area contributed by atoms with E-state index in [0.717, 1.165) is 56.6 Å². The van der Waals surface area contributed by atoms with Gasteiger partial charge in [0, 0.05) is 12.5 Å². The van der Waals surface area contributed by atoms with Crippen molar-refractivity contribution in [3.63, 3.8) is 0 Å². The van der Waals surface area contributed by atoms with Crippen molar-refractivity contribution in [2.45, 2.75) is 63.4 Å². The van der Waals surface area contributed by atoms with Crippen LogP contribution in [0.2, 0.25) is 0 Å². The van der Waals surface area contributed by atoms with Crippen molar-refractivity contribution < 1.29 is 9.84 Å². The third kappa shape index (κ3) is 5.61. The zero-order valence-corrected chi connectivity index (χ0v) is 18.1. The van der Waals surface area contributed by atoms with Crippen LogP contribution in [0.4, 0.5) is 0 Å². The second-order valence-electron chi connectivity index (χ2n) is 8.43. The Morgan fingerprint density at radius 2 is 1.66 bits per heavy atom. The minimum atomic E-state index is -0.889. The van der Waals surface area contributed by atoms with Crippen LogP contribution in [0.25, 0.3) is 0 Å². The minimum Gasteiger partial charge on any atom is -0.497 e. The van der Waals surface area contributed by atoms with Gasteiger partial charge in [0.2, 0.25) is 0 Å². The van der Waals surface area contributed by atoms with Crippen LogP contribution in [-0.4, -0.2) is 36.8 Å². The van der Waals surface area contributed by atoms with Crippen molar-refractivity contribution >= 4 is 0 Å². The van der Waals surface area contributed by atoms with Gasteiger partial charge in [0.05, 0.1) is 12.7 Å². The van der Waals surface area contributed by atoms with Crippen molar-refractivity contribution in [3.8, 4) is 5.75 Å². The molecule has 3 heteroatoms. The van der Waals surface area contributed by atoms with Crippen LogP contribution in [0.3, 0.4) is 0 Å². The topological polar surface area (TPSA) is 32.7 Å². The normalized spacial score (nSPS) is 18.2. The van der Waals surface area contributed by atoms with Crippen LogP contribution < -0.4 is 4.74 Å². The van der Waals surface area contributed by atoms with Gasteiger partial charge in [-0.2, -0.15) is 0 Å². The molecule has 2 atom stereocenters. The monoisotopic (exact) mass is 395 g/mol. The van der Waals surface area contributed by atoms with Gasteiger partial charge in [0.25, 0.3) is 0 Å². The fourth-order valence-electron chi connectivity index (χ4n) is 4.66. The van der Waals surface area contributed by atoms with Crippen molar-refractivity contribution in [1.29, 1.82) is 0 Å². The Kier molecular flexibility index (Phi) is 8.14. The molecule has 0 aromatic heterocycles. The summed E-state index contributed by atoms with van der Waals surface area (Å²) in [7, 11) is 1.69. The van der Waals surface area contributed by atoms with Crippen molar-refractivity contribution in [3.05, 3.63) is 65.7 Å². The zero-order valence-electron chi connectivity index (χ0n) is 18.1. The zero-order chi connectivity index (χ0) is 20.5. The molecule has 1 aliphatic heterocycles. The maximum Gasteiger partial charge on any atom is 0.118 e. The summed E-state index contributed by atoms with van der Waals surface area (Å²) in [4.78, 5) is 2.55. The SMILES string of the molecule is CCCCC[C@](O)(c1ccc(OC)cc1)[C@@H](CN1CCCCC1)c1ccccc1. The van der Waals surface area contributed by atoms with E-state index in [0.29, 0.717) is 0 Å². The number of methoxy groups -OCH3 is 1. The van der Waals surface area contributed by atoms with Crippen LogP contribution in [0.5, 0.6) is 5.75 Å². The van der Waals surface area contributed by atoms with Gasteiger partial charge in [-0.3, -0.25) is 0 Å². The van der Waals surface area contributed by atoms with Gasteiger partial charge in [-0.15, -0.1) is 0 Å². The van der Waals surface area contributed by atoms with E-state index in [9.17, 15) is 5.11 Å². The van der Waals surface area contributed by atoms with E-state index in [1.54, 1.807) is 7.11 Å². The lowest BCUT2D eigenvalue weighted by molar-refractivity contribution is -0.0167. The molecule has 1 heterocycles. The molecule has 3 nitrogen and oxygen atoms in total. The van der Waals surface area contributed by atoms with E-state index in [1.165, 1.54) is 24.8 Å². The third-order valence-corrected chi connectivity index (χ3v) is 6.42. The number of unbranched alkanes of at least 4 members (excludes halogenated alkanes) is 2. The highest BCUT2D eigenvalue weighted by Crippen LogP contribution is 2.42. The Hall–Kier alpha value is -1.84. The van der Waals surface area contributed by atoms with E-state index >= 15 is 0 Å². The Balaban J connectivity index is 1.97. The third-order valence-electron chi connectivity index (χ3n) is 6.42. The minimum absolute atomic E-state index is 0.0482. The summed E-state index contributed by atoms with van der Waals surface area (Å²) in [5.41, 5.74) is 1.34. The van der Waals surface area contributed by atoms with Crippen molar-refractivity contribution in [2.75, 3.05) is 26.7 Å². The molecule has 3 rings (SSSR count). The fourth-order valence-corrected chi connectivity index (χ4v) is 4.66. The molecule has 1 N–H and O–H groups in total. The molecule has 0 aliphatic carbocycles. The first kappa shape index (κ1) is 21.9. The summed E-state index contributed by atoms with van der Waals surface area (Å²) in [6.07, 6.45) is 7.95. The Morgan fingerprint density at radius 1 is 0.966 bits per heavy atom. The summed E-state index contributed by atoms with van der Waals surface area (Å²) in [6, 6.07) is 18.7. The van der Waals surface area contributed by atoms with Gasteiger partial charge in [-0.05, 0) is 55.6 Å². The Bertz CT molecular complexity index is 709. The van der Waals surface area contributed by atoms with Crippen molar-refractivity contribution in [2.24, 2.45) is 0 Å². The number of piperidine rings is 1. The highest BCUT2D eigenvalue weighted by Gasteiger charge is 2.40. The summed E-state index contributed by atoms with van der Waals surface area (Å²) >= 11 is 0. The quantitative estimate of drug-likeness (QED) is 0.521. The highest BCUT2D eigenvalue weighted by molar-refractivity contribution is 5.35. The summed E-state index contributed by atoms with van der Waals surface area (Å²) < 4.78 is 5.36. The van der Waals surface area contributed by atoms with Crippen molar-refractivity contribution in [1.82, 2.24) is 4.90 Å². The van der Waals surface area contributed by atoms with Crippen LogP contribution in [-0.2, 0) is 5.60 Å². The lowest BCUT2D eigenvalue weighted by atomic mass is 9.73. The highest BCUT2D eigenvalue weighted by atomic mass is 16.5. The van der Waals surface area contributed by atoms with E-state index in [4.69, 9.17) is 4.74 Å². The molecule has 1 fully saturated rings. The number of rotatable bonds is 10. The summed E-state index contributed by atoms with van der Waals surface area (Å²) in [6.45, 7) is 5.39. The molecule has 1 saturated heterocycles. The lowest BCUT2D eigenvalue weighted by Gasteiger charge is -2.41. The first-order valence-electron chi connectivity index (χ1n) is 11.3. The number of aliphatic hydroxyl groups is 1. The van der Waals surface area contributed by atoms with Crippen LogP contribution in [0, 0.1) is 0 Å². The number of nitrogens with zero attached hydrogens (tertiary/aromatic N) is 1. The molecule has 0 radical (unpaired) electrons. The molecule has 29 heavy (non-hydrogen) atoms. The predicted octanol–water partition coefficient (Wildman–Crippen LogP) is 5.73. The number of hydrogen-bond acceptors (Lipinski definition) is 3. The first-order chi connectivity index (χ1) is 14.2. The molecule has 0 spiro atoms. The Labute approximate surface area is 176 Å². The Morgan fingerprint density at radius 3 is 2.28 bits per heavy atom. The van der Waals surface area contributed by atoms with Gasteiger partial charge in [0.15, 0.2) is 0 Å². The van der Waals surface area contributed by atoms with E-state index in [1.807, 2.05) is 12.1 Å². The number of hydrogen-bond donors (Lipinski definition) is 1. The molecule has 2 aromatic carbocycles. The van der Waals surface area contributed by atoms with Gasteiger partial charge < -0.3 is 14.7 Å². The second-order valence-corrected chi connectivity index (χ2v) is 8.43. The average molecular weight is 396 g/mol. The molecule has 158 valence electrons. The fraction of sp³-hybridized carbons (Fsp3) is 0.538. The van der Waals surface area contributed by atoms with E-state index in [2.05, 4.69) is 54.3 Å². The van der Waals surface area contributed by atoms with Gasteiger partial charge in [0.1, 0.15) is 5.75 Å². The largest absolute Gasteiger partial charge is 0.497 e. The molecule has 2 aromatic rings. The van der Waals surface area contributed by atoms with Gasteiger partial charge in [-0.25, -0.2) is 0 Å². The molecule has 0 unspecified atom stereocenters. The average Bonchev–Trinajstić information content (AvgIpc) is 2.79. The maximum absolute atomic E-state index is 12.2. The summed E-state index contributed by atoms with van der Waals surface area (Å²) in [5.74, 6) is 0.879. The van der Waals surface area contributed by atoms with E-state index < -0.39 is 5.60 Å². The summed E-state index contributed by atoms with van der Waals surface area (Å²) in [5, 5.41) is 12.2. The molecule has 1 aliphatic rings. The molecular weight excluding hydrogens is 358 g/mol. The molecular formula is C26H37NO2. The lowest BCUT2D eigenvalue weighted by Crippen LogP contribution is -2.42. The number of benzene rings is 2. The van der Waals surface area contributed by atoms with Crippen LogP contribution in [0.15, 0.2) is 54.6 Å². The van der Waals surface area contributed by atoms with E-state index in [-0.39, 0.29) is 5.92 Å². The smallest absolute Gasteiger partial charge is 0.118 e. The first-order valence-corrected chi connectivity index (χ1v) is 11.3. The number of likely N-dealkylation sites (tertiary alicyclic amines) is 1.